The van der Waals surface area contributed by atoms with E-state index < -0.39 is 121 Å². The SMILES string of the molecule is CC(F)(F)Oc1ccc(OC2CCC(NC(=O)Nc3cccc(OC(F)(F)F)c3)C2)c(C(=O)NCCN2CCOCC2)c1.CN1CCN(CCNC(=O)C2CC(CC(=O)Cc3cccc(OC(F)(F)F)c3)CC2Oc2ccc(OC(F)(F)F)cc2)CC1.O=C(Nc1cccc(OC(F)(F)F)c1)NC1CC(Oc2ccc(OC(F)(F)F)cc2)C(C(=O)NCCN2CCCCC2)C1. The molecule has 7 N–H and O–H groups in total. The molecule has 130 heavy (non-hydrogen) atoms. The van der Waals surface area contributed by atoms with Crippen molar-refractivity contribution in [3.63, 3.8) is 0 Å². The predicted molar refractivity (Wildman–Crippen MR) is 434 cm³/mol. The molecule has 6 aromatic carbocycles. The Morgan fingerprint density at radius 2 is 0.854 bits per heavy atom. The van der Waals surface area contributed by atoms with Gasteiger partial charge in [0.25, 0.3) is 5.91 Å². The average Bonchev–Trinajstić information content (AvgIpc) is 1.63. The summed E-state index contributed by atoms with van der Waals surface area (Å²) < 4.78 is 262. The third-order valence-corrected chi connectivity index (χ3v) is 21.3. The smallest absolute Gasteiger partial charge is 0.490 e. The largest absolute Gasteiger partial charge is 0.573 e. The van der Waals surface area contributed by atoms with E-state index in [0.29, 0.717) is 97.1 Å². The molecular formula is C86H100F17N11O16. The molecule has 44 heteroatoms. The predicted octanol–water partition coefficient (Wildman–Crippen LogP) is 15.0. The van der Waals surface area contributed by atoms with Crippen LogP contribution in [0.4, 0.5) is 95.6 Å². The summed E-state index contributed by atoms with van der Waals surface area (Å²) in [4.78, 5) is 86.5. The van der Waals surface area contributed by atoms with Crippen LogP contribution >= 0.6 is 0 Å². The normalized spacial score (nSPS) is 20.7. The van der Waals surface area contributed by atoms with E-state index in [4.69, 9.17) is 18.9 Å². The molecule has 0 bridgehead atoms. The fourth-order valence-corrected chi connectivity index (χ4v) is 15.6. The first-order valence-electron chi connectivity index (χ1n) is 41.8. The molecule has 8 unspecified atom stereocenters. The Bertz CT molecular complexity index is 4630. The van der Waals surface area contributed by atoms with Crippen molar-refractivity contribution >= 4 is 46.9 Å². The monoisotopic (exact) mass is 1870 g/mol. The van der Waals surface area contributed by atoms with Gasteiger partial charge >= 0.3 is 50.0 Å². The van der Waals surface area contributed by atoms with Crippen molar-refractivity contribution < 1.29 is 151 Å². The molecule has 27 nitrogen and oxygen atoms in total. The van der Waals surface area contributed by atoms with Gasteiger partial charge in [0.1, 0.15) is 75.8 Å². The van der Waals surface area contributed by atoms with Gasteiger partial charge in [0, 0.05) is 147 Å². The molecule has 3 heterocycles. The van der Waals surface area contributed by atoms with Crippen molar-refractivity contribution in [3.8, 4) is 51.7 Å². The van der Waals surface area contributed by atoms with Gasteiger partial charge in [-0.3, -0.25) is 29.0 Å². The molecule has 0 radical (unpaired) electrons. The number of carbonyl (C=O) groups excluding carboxylic acids is 6. The number of anilines is 2. The number of hydrogen-bond donors (Lipinski definition) is 7. The number of nitrogens with zero attached hydrogens (tertiary/aromatic N) is 4. The van der Waals surface area contributed by atoms with Gasteiger partial charge in [-0.2, -0.15) is 8.78 Å². The van der Waals surface area contributed by atoms with E-state index in [1.54, 1.807) is 0 Å². The molecule has 6 fully saturated rings. The Kier molecular flexibility index (Phi) is 36.1. The molecular weight excluding hydrogens is 1770 g/mol. The summed E-state index contributed by atoms with van der Waals surface area (Å²) in [5.74, 6) is -4.65. The van der Waals surface area contributed by atoms with Crippen LogP contribution in [0.15, 0.2) is 140 Å². The molecule has 3 saturated carbocycles. The van der Waals surface area contributed by atoms with Gasteiger partial charge in [0.15, 0.2) is 0 Å². The van der Waals surface area contributed by atoms with E-state index in [1.807, 2.05) is 0 Å². The van der Waals surface area contributed by atoms with Crippen LogP contribution in [-0.2, 0) is 25.5 Å². The second-order valence-electron chi connectivity index (χ2n) is 31.7. The molecule has 3 aliphatic heterocycles. The number of ketones is 1. The van der Waals surface area contributed by atoms with E-state index in [-0.39, 0.29) is 95.2 Å². The highest BCUT2D eigenvalue weighted by molar-refractivity contribution is 5.97. The van der Waals surface area contributed by atoms with Crippen LogP contribution < -0.4 is 79.8 Å². The number of urea groups is 2. The number of hydrogen-bond acceptors (Lipinski definition) is 20. The molecule has 714 valence electrons. The Hall–Kier alpha value is -11.3. The zero-order valence-electron chi connectivity index (χ0n) is 70.4. The molecule has 12 rings (SSSR count). The molecule has 3 saturated heterocycles. The van der Waals surface area contributed by atoms with Crippen molar-refractivity contribution in [2.75, 3.05) is 123 Å². The van der Waals surface area contributed by atoms with Crippen LogP contribution in [0.25, 0.3) is 0 Å². The van der Waals surface area contributed by atoms with Gasteiger partial charge in [-0.25, -0.2) is 9.59 Å². The van der Waals surface area contributed by atoms with Crippen LogP contribution in [0.1, 0.15) is 93.5 Å². The maximum absolute atomic E-state index is 13.5. The first-order valence-corrected chi connectivity index (χ1v) is 41.8. The van der Waals surface area contributed by atoms with E-state index in [9.17, 15) is 103 Å². The fourth-order valence-electron chi connectivity index (χ4n) is 15.6. The molecule has 7 amide bonds. The highest BCUT2D eigenvalue weighted by atomic mass is 19.4. The van der Waals surface area contributed by atoms with Gasteiger partial charge in [0.2, 0.25) is 11.8 Å². The maximum Gasteiger partial charge on any atom is 0.573 e. The number of alkyl halides is 17. The van der Waals surface area contributed by atoms with Crippen molar-refractivity contribution in [1.29, 1.82) is 0 Å². The number of rotatable bonds is 33. The molecule has 0 spiro atoms. The Morgan fingerprint density at radius 3 is 1.37 bits per heavy atom. The lowest BCUT2D eigenvalue weighted by Crippen LogP contribution is -2.47. The topological polar surface area (TPSA) is 292 Å². The number of amides is 7. The van der Waals surface area contributed by atoms with E-state index in [0.717, 1.165) is 126 Å². The first kappa shape index (κ1) is 101. The van der Waals surface area contributed by atoms with Crippen molar-refractivity contribution in [3.05, 3.63) is 151 Å². The number of likely N-dealkylation sites (N-methyl/N-ethyl adjacent to an activating group) is 1. The maximum atomic E-state index is 13.5. The molecule has 6 aromatic rings. The lowest BCUT2D eigenvalue weighted by molar-refractivity contribution is -0.275. The second kappa shape index (κ2) is 46.5. The summed E-state index contributed by atoms with van der Waals surface area (Å²) in [5.41, 5.74) is 0.549. The van der Waals surface area contributed by atoms with Crippen molar-refractivity contribution in [1.82, 2.24) is 46.2 Å². The van der Waals surface area contributed by atoms with E-state index in [2.05, 4.69) is 92.3 Å². The van der Waals surface area contributed by atoms with Crippen LogP contribution in [0.2, 0.25) is 0 Å². The zero-order valence-corrected chi connectivity index (χ0v) is 70.4. The first-order chi connectivity index (χ1) is 61.4. The fraction of sp³-hybridized carbons (Fsp3) is 0.512. The van der Waals surface area contributed by atoms with Crippen LogP contribution in [0.5, 0.6) is 51.7 Å². The van der Waals surface area contributed by atoms with E-state index >= 15 is 0 Å². The molecule has 6 aliphatic rings. The summed E-state index contributed by atoms with van der Waals surface area (Å²) in [7, 11) is 2.05. The third kappa shape index (κ3) is 36.6. The number of ether oxygens (including phenoxy) is 10. The lowest BCUT2D eigenvalue weighted by Gasteiger charge is -2.32. The number of piperidine rings is 1. The molecule has 3 aliphatic carbocycles. The number of benzene rings is 6. The van der Waals surface area contributed by atoms with Gasteiger partial charge in [0.05, 0.1) is 30.6 Å². The summed E-state index contributed by atoms with van der Waals surface area (Å²) in [6, 6.07) is 26.1. The number of Topliss-reactive ketones (excluding diaryl/α,β-unsaturated/α-hetero) is 1. The Labute approximate surface area is 736 Å². The van der Waals surface area contributed by atoms with Crippen LogP contribution in [-0.4, -0.2) is 235 Å². The van der Waals surface area contributed by atoms with Crippen LogP contribution in [0, 0.1) is 17.8 Å². The molecule has 8 atom stereocenters. The minimum Gasteiger partial charge on any atom is -0.490 e. The minimum absolute atomic E-state index is 0.0267. The van der Waals surface area contributed by atoms with Gasteiger partial charge in [-0.05, 0) is 180 Å². The number of likely N-dealkylation sites (tertiary alicyclic amines) is 1. The number of halogens is 17. The number of piperazine rings is 1. The lowest BCUT2D eigenvalue weighted by atomic mass is 9.96. The standard InChI is InChI=1S/C30H35F6N3O5.C28H32F6N4O5.C28H33F5N4O6/c1-38-11-13-39(14-12-38)10-9-37-28(41)26-18-21(16-22(40)15-20-3-2-4-25(17-20)44-30(34,35)36)19-27(26)42-23-5-7-24(8-6-23)43-29(31,32)33;29-27(30,31)42-21-9-7-20(8-10-21)41-24-17-19(16-23(24)25(39)35-11-14-38-12-2-1-3-13-38)37-26(40)36-18-5-4-6-22(15-18)43-28(32,33)34;1-27(29,30)42-22-7-8-24(23(17-22)25(38)34-9-10-37-11-13-40-14-12-37)41-20-6-5-19(15-20)36-26(39)35-18-3-2-4-21(16-18)43-28(31,32)33/h2-8,17,21,26-27H,9-16,18-19H2,1H3,(H,37,41);4-10,15,19,23-24H,1-3,11-14,16-17H2,(H,35,39)(H2,36,37,40);2-4,7-8,16-17,19-20H,5-6,9-15H2,1H3,(H,34,38)(H2,35,36,39). The summed E-state index contributed by atoms with van der Waals surface area (Å²) in [6.07, 6.45) is -23.7. The quantitative estimate of drug-likeness (QED) is 0.0188. The second-order valence-corrected chi connectivity index (χ2v) is 31.7. The van der Waals surface area contributed by atoms with Gasteiger partial charge in [-0.1, -0.05) is 30.7 Å². The van der Waals surface area contributed by atoms with Crippen molar-refractivity contribution in [2.24, 2.45) is 17.8 Å². The summed E-state index contributed by atoms with van der Waals surface area (Å²) in [5, 5.41) is 19.1. The summed E-state index contributed by atoms with van der Waals surface area (Å²) in [6.45, 7) is 12.0. The highest BCUT2D eigenvalue weighted by Crippen LogP contribution is 2.40. The zero-order chi connectivity index (χ0) is 94.0. The van der Waals surface area contributed by atoms with Crippen molar-refractivity contribution in [2.45, 2.75) is 152 Å². The third-order valence-electron chi connectivity index (χ3n) is 21.3. The summed E-state index contributed by atoms with van der Waals surface area (Å²) >= 11 is 0. The Balaban J connectivity index is 0.000000203. The van der Waals surface area contributed by atoms with Gasteiger partial charge in [-0.15, -0.1) is 65.9 Å². The van der Waals surface area contributed by atoms with Crippen LogP contribution in [0.3, 0.4) is 0 Å². The number of morpholine rings is 1. The Morgan fingerprint density at radius 1 is 0.415 bits per heavy atom. The van der Waals surface area contributed by atoms with Gasteiger partial charge < -0.3 is 94.4 Å². The number of nitrogens with one attached hydrogen (secondary N) is 7. The highest BCUT2D eigenvalue weighted by Gasteiger charge is 2.44. The van der Waals surface area contributed by atoms with E-state index in [1.165, 1.54) is 85.3 Å². The number of carbonyl (C=O) groups is 6. The average molecular weight is 1870 g/mol. The molecule has 0 aromatic heterocycles. The minimum atomic E-state index is -4.89.